The topological polar surface area (TPSA) is 18.5 Å². The van der Waals surface area contributed by atoms with Crippen LogP contribution in [0.1, 0.15) is 5.56 Å². The highest BCUT2D eigenvalue weighted by molar-refractivity contribution is 5.61. The summed E-state index contributed by atoms with van der Waals surface area (Å²) in [4.78, 5) is 9.48. The fourth-order valence-corrected chi connectivity index (χ4v) is 1.02. The van der Waals surface area contributed by atoms with Crippen LogP contribution in [0, 0.1) is 5.82 Å². The van der Waals surface area contributed by atoms with Gasteiger partial charge in [-0.05, 0) is 36.4 Å². The van der Waals surface area contributed by atoms with Crippen LogP contribution in [0.15, 0.2) is 42.7 Å². The van der Waals surface area contributed by atoms with E-state index in [2.05, 4.69) is 4.89 Å². The number of allylic oxidation sites excluding steroid dienone is 2. The predicted molar refractivity (Wildman–Crippen MR) is 45.7 cm³/mol. The molecule has 1 aliphatic rings. The number of rotatable bonds is 1. The van der Waals surface area contributed by atoms with Gasteiger partial charge in [0.15, 0.2) is 5.76 Å². The summed E-state index contributed by atoms with van der Waals surface area (Å²) in [6.07, 6.45) is 4.88. The first-order chi connectivity index (χ1) is 6.36. The van der Waals surface area contributed by atoms with Crippen molar-refractivity contribution in [3.63, 3.8) is 0 Å². The average Bonchev–Trinajstić information content (AvgIpc) is 2.20. The molecule has 0 unspecified atom stereocenters. The zero-order chi connectivity index (χ0) is 9.10. The van der Waals surface area contributed by atoms with Crippen molar-refractivity contribution >= 4 is 5.76 Å². The van der Waals surface area contributed by atoms with Crippen LogP contribution in [0.3, 0.4) is 0 Å². The molecule has 1 aliphatic heterocycles. The van der Waals surface area contributed by atoms with Gasteiger partial charge in [-0.15, -0.1) is 0 Å². The zero-order valence-corrected chi connectivity index (χ0v) is 6.74. The molecule has 0 N–H and O–H groups in total. The highest BCUT2D eigenvalue weighted by Gasteiger charge is 2.05. The van der Waals surface area contributed by atoms with Gasteiger partial charge in [0.1, 0.15) is 12.1 Å². The first kappa shape index (κ1) is 7.86. The second-order valence-corrected chi connectivity index (χ2v) is 2.55. The molecule has 0 atom stereocenters. The Hall–Kier alpha value is -1.77. The summed E-state index contributed by atoms with van der Waals surface area (Å²) in [5.74, 6) is 0.305. The van der Waals surface area contributed by atoms with Crippen molar-refractivity contribution in [1.29, 1.82) is 0 Å². The molecule has 0 saturated carbocycles. The second kappa shape index (κ2) is 3.31. The SMILES string of the molecule is Fc1ccc(C2=CC=COO2)cc1. The zero-order valence-electron chi connectivity index (χ0n) is 6.74. The van der Waals surface area contributed by atoms with Crippen LogP contribution < -0.4 is 0 Å². The van der Waals surface area contributed by atoms with Gasteiger partial charge in [0.2, 0.25) is 0 Å². The van der Waals surface area contributed by atoms with Crippen LogP contribution >= 0.6 is 0 Å². The van der Waals surface area contributed by atoms with Gasteiger partial charge in [-0.25, -0.2) is 4.39 Å². The van der Waals surface area contributed by atoms with E-state index in [0.717, 1.165) is 5.56 Å². The molecule has 0 radical (unpaired) electrons. The van der Waals surface area contributed by atoms with Crippen molar-refractivity contribution in [2.75, 3.05) is 0 Å². The van der Waals surface area contributed by atoms with E-state index in [1.807, 2.05) is 0 Å². The highest BCUT2D eigenvalue weighted by Crippen LogP contribution is 2.19. The van der Waals surface area contributed by atoms with Gasteiger partial charge >= 0.3 is 0 Å². The molecule has 0 amide bonds. The predicted octanol–water partition coefficient (Wildman–Crippen LogP) is 2.64. The van der Waals surface area contributed by atoms with E-state index in [0.29, 0.717) is 5.76 Å². The number of benzene rings is 1. The van der Waals surface area contributed by atoms with Gasteiger partial charge in [-0.1, -0.05) is 0 Å². The monoisotopic (exact) mass is 178 g/mol. The molecular formula is C10H7FO2. The Kier molecular flexibility index (Phi) is 2.00. The third-order valence-electron chi connectivity index (χ3n) is 1.65. The molecule has 0 spiro atoms. The van der Waals surface area contributed by atoms with Crippen molar-refractivity contribution in [3.8, 4) is 0 Å². The molecule has 0 saturated heterocycles. The quantitative estimate of drug-likeness (QED) is 0.615. The summed E-state index contributed by atoms with van der Waals surface area (Å²) in [5, 5.41) is 0. The molecule has 66 valence electrons. The third kappa shape index (κ3) is 1.69. The van der Waals surface area contributed by atoms with Crippen molar-refractivity contribution in [1.82, 2.24) is 0 Å². The Morgan fingerprint density at radius 3 is 2.46 bits per heavy atom. The maximum Gasteiger partial charge on any atom is 0.185 e. The van der Waals surface area contributed by atoms with Crippen LogP contribution in [-0.2, 0) is 9.78 Å². The van der Waals surface area contributed by atoms with Crippen molar-refractivity contribution in [3.05, 3.63) is 54.1 Å². The van der Waals surface area contributed by atoms with E-state index in [1.54, 1.807) is 24.3 Å². The van der Waals surface area contributed by atoms with Crippen molar-refractivity contribution in [2.45, 2.75) is 0 Å². The average molecular weight is 178 g/mol. The first-order valence-electron chi connectivity index (χ1n) is 3.82. The lowest BCUT2D eigenvalue weighted by atomic mass is 10.2. The Bertz CT molecular complexity index is 352. The van der Waals surface area contributed by atoms with Gasteiger partial charge in [-0.3, -0.25) is 9.78 Å². The second-order valence-electron chi connectivity index (χ2n) is 2.55. The molecule has 1 aromatic carbocycles. The summed E-state index contributed by atoms with van der Waals surface area (Å²) in [7, 11) is 0. The molecule has 1 heterocycles. The summed E-state index contributed by atoms with van der Waals surface area (Å²) >= 11 is 0. The maximum atomic E-state index is 12.5. The fourth-order valence-electron chi connectivity index (χ4n) is 1.02. The van der Waals surface area contributed by atoms with E-state index in [-0.39, 0.29) is 5.82 Å². The minimum absolute atomic E-state index is 0.267. The molecule has 0 fully saturated rings. The van der Waals surface area contributed by atoms with E-state index in [9.17, 15) is 4.39 Å². The molecule has 2 nitrogen and oxygen atoms in total. The molecule has 3 heteroatoms. The van der Waals surface area contributed by atoms with E-state index < -0.39 is 0 Å². The first-order valence-corrected chi connectivity index (χ1v) is 3.82. The van der Waals surface area contributed by atoms with Gasteiger partial charge in [0.25, 0.3) is 0 Å². The van der Waals surface area contributed by atoms with Crippen LogP contribution in [0.25, 0.3) is 5.76 Å². The van der Waals surface area contributed by atoms with Crippen LogP contribution in [0.5, 0.6) is 0 Å². The van der Waals surface area contributed by atoms with Gasteiger partial charge in [-0.2, -0.15) is 0 Å². The Morgan fingerprint density at radius 1 is 1.08 bits per heavy atom. The lowest BCUT2D eigenvalue weighted by Crippen LogP contribution is -1.93. The highest BCUT2D eigenvalue weighted by atomic mass is 19.1. The van der Waals surface area contributed by atoms with E-state index in [4.69, 9.17) is 4.89 Å². The largest absolute Gasteiger partial charge is 0.298 e. The number of halogens is 1. The standard InChI is InChI=1S/C10H7FO2/c11-9-5-3-8(4-6-9)10-2-1-7-12-13-10/h1-7H. The molecule has 0 aromatic heterocycles. The molecule has 0 aliphatic carbocycles. The summed E-state index contributed by atoms with van der Waals surface area (Å²) in [6, 6.07) is 6.00. The third-order valence-corrected chi connectivity index (χ3v) is 1.65. The van der Waals surface area contributed by atoms with Gasteiger partial charge in [0.05, 0.1) is 0 Å². The Morgan fingerprint density at radius 2 is 1.85 bits per heavy atom. The van der Waals surface area contributed by atoms with Crippen LogP contribution in [-0.4, -0.2) is 0 Å². The molecule has 0 bridgehead atoms. The maximum absolute atomic E-state index is 12.5. The minimum Gasteiger partial charge on any atom is -0.298 e. The molecule has 13 heavy (non-hydrogen) atoms. The Balaban J connectivity index is 2.30. The van der Waals surface area contributed by atoms with Crippen molar-refractivity contribution in [2.24, 2.45) is 0 Å². The van der Waals surface area contributed by atoms with Crippen LogP contribution in [0.4, 0.5) is 4.39 Å². The summed E-state index contributed by atoms with van der Waals surface area (Å²) < 4.78 is 12.5. The molecular weight excluding hydrogens is 171 g/mol. The molecule has 1 aromatic rings. The lowest BCUT2D eigenvalue weighted by Gasteiger charge is -2.08. The van der Waals surface area contributed by atoms with Gasteiger partial charge < -0.3 is 0 Å². The molecule has 2 rings (SSSR count). The summed E-state index contributed by atoms with van der Waals surface area (Å²) in [6.45, 7) is 0. The summed E-state index contributed by atoms with van der Waals surface area (Å²) in [5.41, 5.74) is 0.783. The Labute approximate surface area is 74.8 Å². The van der Waals surface area contributed by atoms with Gasteiger partial charge in [0, 0.05) is 5.56 Å². The van der Waals surface area contributed by atoms with Crippen molar-refractivity contribution < 1.29 is 14.2 Å². The minimum atomic E-state index is -0.267. The normalized spacial score (nSPS) is 14.4. The fraction of sp³-hybridized carbons (Fsp3) is 0. The number of hydrogen-bond donors (Lipinski definition) is 0. The van der Waals surface area contributed by atoms with E-state index in [1.165, 1.54) is 18.4 Å². The van der Waals surface area contributed by atoms with E-state index >= 15 is 0 Å². The number of hydrogen-bond acceptors (Lipinski definition) is 2. The lowest BCUT2D eigenvalue weighted by molar-refractivity contribution is -0.182. The van der Waals surface area contributed by atoms with Crippen LogP contribution in [0.2, 0.25) is 0 Å². The smallest absolute Gasteiger partial charge is 0.185 e.